The van der Waals surface area contributed by atoms with Gasteiger partial charge in [0.25, 0.3) is 0 Å². The van der Waals surface area contributed by atoms with Crippen LogP contribution in [0.3, 0.4) is 0 Å². The van der Waals surface area contributed by atoms with Gasteiger partial charge < -0.3 is 15.2 Å². The van der Waals surface area contributed by atoms with Crippen LogP contribution in [0.1, 0.15) is 39.7 Å². The van der Waals surface area contributed by atoms with Crippen molar-refractivity contribution in [2.75, 3.05) is 6.61 Å². The molecule has 1 saturated heterocycles. The summed E-state index contributed by atoms with van der Waals surface area (Å²) in [5.41, 5.74) is 3.03. The van der Waals surface area contributed by atoms with E-state index in [1.807, 2.05) is 14.0 Å². The molecule has 1 aromatic carbocycles. The summed E-state index contributed by atoms with van der Waals surface area (Å²) in [6, 6.07) is 6.48. The van der Waals surface area contributed by atoms with Crippen LogP contribution < -0.4 is 5.32 Å². The first-order chi connectivity index (χ1) is 12.0. The van der Waals surface area contributed by atoms with Gasteiger partial charge in [-0.2, -0.15) is 5.10 Å². The highest BCUT2D eigenvalue weighted by Crippen LogP contribution is 2.36. The highest BCUT2D eigenvalue weighted by Gasteiger charge is 2.36. The SMILES string of the molecule is Cc1c([C@H]2OCC[C@@H]2C(=O)NCc2ccc(C(=O)O)cc2)cnn1C. The molecule has 2 heterocycles. The minimum absolute atomic E-state index is 0.0620. The Morgan fingerprint density at radius 2 is 2.08 bits per heavy atom. The Labute approximate surface area is 145 Å². The molecule has 1 aromatic heterocycles. The van der Waals surface area contributed by atoms with Gasteiger partial charge in [0.15, 0.2) is 0 Å². The predicted molar refractivity (Wildman–Crippen MR) is 90.0 cm³/mol. The van der Waals surface area contributed by atoms with E-state index in [9.17, 15) is 9.59 Å². The smallest absolute Gasteiger partial charge is 0.335 e. The molecule has 1 amide bonds. The maximum absolute atomic E-state index is 12.6. The fourth-order valence-corrected chi connectivity index (χ4v) is 3.05. The van der Waals surface area contributed by atoms with Crippen LogP contribution >= 0.6 is 0 Å². The summed E-state index contributed by atoms with van der Waals surface area (Å²) in [6.07, 6.45) is 2.15. The Morgan fingerprint density at radius 3 is 2.68 bits per heavy atom. The van der Waals surface area contributed by atoms with Crippen molar-refractivity contribution in [3.05, 3.63) is 52.8 Å². The van der Waals surface area contributed by atoms with Crippen LogP contribution in [0, 0.1) is 12.8 Å². The highest BCUT2D eigenvalue weighted by molar-refractivity contribution is 5.87. The molecule has 0 aliphatic carbocycles. The fourth-order valence-electron chi connectivity index (χ4n) is 3.05. The van der Waals surface area contributed by atoms with Gasteiger partial charge in [-0.1, -0.05) is 12.1 Å². The van der Waals surface area contributed by atoms with Crippen molar-refractivity contribution in [1.82, 2.24) is 15.1 Å². The van der Waals surface area contributed by atoms with Crippen LogP contribution in [0.25, 0.3) is 0 Å². The first-order valence-corrected chi connectivity index (χ1v) is 8.17. The van der Waals surface area contributed by atoms with Crippen LogP contribution in [0.5, 0.6) is 0 Å². The number of hydrogen-bond acceptors (Lipinski definition) is 4. The maximum atomic E-state index is 12.6. The number of benzene rings is 1. The lowest BCUT2D eigenvalue weighted by Crippen LogP contribution is -2.32. The maximum Gasteiger partial charge on any atom is 0.335 e. The summed E-state index contributed by atoms with van der Waals surface area (Å²) in [7, 11) is 1.86. The van der Waals surface area contributed by atoms with E-state index in [0.29, 0.717) is 19.6 Å². The summed E-state index contributed by atoms with van der Waals surface area (Å²) < 4.78 is 7.56. The first kappa shape index (κ1) is 17.2. The molecule has 2 N–H and O–H groups in total. The van der Waals surface area contributed by atoms with Gasteiger partial charge in [0.2, 0.25) is 5.91 Å². The number of amides is 1. The van der Waals surface area contributed by atoms with Crippen LogP contribution in [-0.4, -0.2) is 33.4 Å². The van der Waals surface area contributed by atoms with Crippen molar-refractivity contribution in [2.24, 2.45) is 13.0 Å². The molecule has 0 radical (unpaired) electrons. The topological polar surface area (TPSA) is 93.4 Å². The lowest BCUT2D eigenvalue weighted by Gasteiger charge is -2.18. The third kappa shape index (κ3) is 3.56. The monoisotopic (exact) mass is 343 g/mol. The van der Waals surface area contributed by atoms with Crippen molar-refractivity contribution in [1.29, 1.82) is 0 Å². The minimum atomic E-state index is -0.964. The van der Waals surface area contributed by atoms with E-state index >= 15 is 0 Å². The Balaban J connectivity index is 1.64. The summed E-state index contributed by atoms with van der Waals surface area (Å²) in [4.78, 5) is 23.4. The number of hydrogen-bond donors (Lipinski definition) is 2. The van der Waals surface area contributed by atoms with E-state index in [1.165, 1.54) is 12.1 Å². The number of carboxylic acid groups (broad SMARTS) is 1. The van der Waals surface area contributed by atoms with E-state index in [2.05, 4.69) is 10.4 Å². The summed E-state index contributed by atoms with van der Waals surface area (Å²) in [5, 5.41) is 16.1. The standard InChI is InChI=1S/C18H21N3O4/c1-11-15(10-20-21(11)2)16-14(7-8-25-16)17(22)19-9-12-3-5-13(6-4-12)18(23)24/h3-6,10,14,16H,7-9H2,1-2H3,(H,19,22)(H,23,24)/t14-,16-/m0/s1. The highest BCUT2D eigenvalue weighted by atomic mass is 16.5. The molecule has 3 rings (SSSR count). The molecular formula is C18H21N3O4. The number of aromatic nitrogens is 2. The second-order valence-electron chi connectivity index (χ2n) is 6.22. The van der Waals surface area contributed by atoms with Gasteiger partial charge in [0.05, 0.1) is 23.8 Å². The van der Waals surface area contributed by atoms with Crippen molar-refractivity contribution in [3.63, 3.8) is 0 Å². The fraction of sp³-hybridized carbons (Fsp3) is 0.389. The van der Waals surface area contributed by atoms with Gasteiger partial charge in [-0.15, -0.1) is 0 Å². The number of ether oxygens (including phenoxy) is 1. The molecule has 25 heavy (non-hydrogen) atoms. The average molecular weight is 343 g/mol. The number of carboxylic acids is 1. The molecule has 7 nitrogen and oxygen atoms in total. The quantitative estimate of drug-likeness (QED) is 0.864. The molecule has 132 valence electrons. The predicted octanol–water partition coefficient (Wildman–Crippen LogP) is 1.82. The Hall–Kier alpha value is -2.67. The Bertz CT molecular complexity index is 782. The average Bonchev–Trinajstić information content (AvgIpc) is 3.20. The Morgan fingerprint density at radius 1 is 1.36 bits per heavy atom. The van der Waals surface area contributed by atoms with E-state index in [-0.39, 0.29) is 23.5 Å². The van der Waals surface area contributed by atoms with Crippen molar-refractivity contribution in [2.45, 2.75) is 26.0 Å². The molecule has 1 fully saturated rings. The number of nitrogens with zero attached hydrogens (tertiary/aromatic N) is 2. The van der Waals surface area contributed by atoms with Gasteiger partial charge in [0.1, 0.15) is 0 Å². The molecule has 0 spiro atoms. The van der Waals surface area contributed by atoms with Crippen LogP contribution in [0.2, 0.25) is 0 Å². The second kappa shape index (κ2) is 7.06. The lowest BCUT2D eigenvalue weighted by atomic mass is 9.95. The summed E-state index contributed by atoms with van der Waals surface area (Å²) in [6.45, 7) is 2.86. The normalized spacial score (nSPS) is 19.8. The third-order valence-corrected chi connectivity index (χ3v) is 4.68. The molecular weight excluding hydrogens is 322 g/mol. The van der Waals surface area contributed by atoms with Gasteiger partial charge in [-0.3, -0.25) is 9.48 Å². The number of aromatic carboxylic acids is 1. The van der Waals surface area contributed by atoms with Crippen molar-refractivity contribution in [3.8, 4) is 0 Å². The van der Waals surface area contributed by atoms with Crippen molar-refractivity contribution >= 4 is 11.9 Å². The molecule has 2 atom stereocenters. The molecule has 0 saturated carbocycles. The van der Waals surface area contributed by atoms with Gasteiger partial charge in [-0.25, -0.2) is 4.79 Å². The third-order valence-electron chi connectivity index (χ3n) is 4.68. The van der Waals surface area contributed by atoms with Crippen LogP contribution in [0.15, 0.2) is 30.5 Å². The first-order valence-electron chi connectivity index (χ1n) is 8.17. The zero-order valence-corrected chi connectivity index (χ0v) is 14.2. The molecule has 0 bridgehead atoms. The number of carbonyl (C=O) groups is 2. The molecule has 1 aliphatic heterocycles. The van der Waals surface area contributed by atoms with Gasteiger partial charge in [-0.05, 0) is 31.0 Å². The zero-order chi connectivity index (χ0) is 18.0. The van der Waals surface area contributed by atoms with Crippen molar-refractivity contribution < 1.29 is 19.4 Å². The van der Waals surface area contributed by atoms with Crippen LogP contribution in [-0.2, 0) is 23.1 Å². The number of aryl methyl sites for hydroxylation is 1. The minimum Gasteiger partial charge on any atom is -0.478 e. The van der Waals surface area contributed by atoms with E-state index in [1.54, 1.807) is 23.0 Å². The van der Waals surface area contributed by atoms with Gasteiger partial charge in [0, 0.05) is 31.5 Å². The lowest BCUT2D eigenvalue weighted by molar-refractivity contribution is -0.127. The number of carbonyl (C=O) groups excluding carboxylic acids is 1. The molecule has 1 aliphatic rings. The van der Waals surface area contributed by atoms with E-state index in [0.717, 1.165) is 16.8 Å². The van der Waals surface area contributed by atoms with E-state index < -0.39 is 5.97 Å². The van der Waals surface area contributed by atoms with Crippen LogP contribution in [0.4, 0.5) is 0 Å². The number of rotatable bonds is 5. The summed E-state index contributed by atoms with van der Waals surface area (Å²) in [5.74, 6) is -1.28. The van der Waals surface area contributed by atoms with Gasteiger partial charge >= 0.3 is 5.97 Å². The second-order valence-corrected chi connectivity index (χ2v) is 6.22. The molecule has 2 aromatic rings. The number of nitrogens with one attached hydrogen (secondary N) is 1. The summed E-state index contributed by atoms with van der Waals surface area (Å²) >= 11 is 0. The molecule has 0 unspecified atom stereocenters. The largest absolute Gasteiger partial charge is 0.478 e. The Kier molecular flexibility index (Phi) is 4.85. The zero-order valence-electron chi connectivity index (χ0n) is 14.2. The van der Waals surface area contributed by atoms with E-state index in [4.69, 9.17) is 9.84 Å². The molecule has 7 heteroatoms.